The van der Waals surface area contributed by atoms with E-state index in [1.165, 1.54) is 6.20 Å². The van der Waals surface area contributed by atoms with E-state index in [1.807, 2.05) is 24.3 Å². The van der Waals surface area contributed by atoms with E-state index in [-0.39, 0.29) is 17.7 Å². The lowest BCUT2D eigenvalue weighted by Crippen LogP contribution is -2.33. The summed E-state index contributed by atoms with van der Waals surface area (Å²) in [6.07, 6.45) is 2.36. The predicted molar refractivity (Wildman–Crippen MR) is 137 cm³/mol. The van der Waals surface area contributed by atoms with Crippen molar-refractivity contribution in [1.82, 2.24) is 15.3 Å². The van der Waals surface area contributed by atoms with E-state index in [2.05, 4.69) is 15.2 Å². The fraction of sp³-hybridized carbons (Fsp3) is 0.393. The molecule has 1 aliphatic carbocycles. The molecule has 0 atom stereocenters. The second kappa shape index (κ2) is 10.5. The summed E-state index contributed by atoms with van der Waals surface area (Å²) in [7, 11) is 0. The smallest absolute Gasteiger partial charge is 0.348 e. The molecule has 1 N–H and O–H groups in total. The van der Waals surface area contributed by atoms with Crippen molar-refractivity contribution in [3.05, 3.63) is 87.4 Å². The number of anilines is 1. The first-order valence-corrected chi connectivity index (χ1v) is 13.1. The molecule has 0 unspecified atom stereocenters. The van der Waals surface area contributed by atoms with Crippen LogP contribution in [0.5, 0.6) is 0 Å². The van der Waals surface area contributed by atoms with E-state index >= 15 is 0 Å². The highest BCUT2D eigenvalue weighted by atomic mass is 35.5. The van der Waals surface area contributed by atoms with Crippen molar-refractivity contribution in [3.63, 3.8) is 0 Å². The molecular formula is C28H27ClF4N4O. The second-order valence-electron chi connectivity index (χ2n) is 9.95. The predicted octanol–water partition coefficient (Wildman–Crippen LogP) is 6.68. The van der Waals surface area contributed by atoms with Gasteiger partial charge in [-0.2, -0.15) is 13.2 Å². The molecule has 5 nitrogen and oxygen atoms in total. The molecule has 0 radical (unpaired) electrons. The van der Waals surface area contributed by atoms with Crippen molar-refractivity contribution >= 4 is 23.5 Å². The van der Waals surface area contributed by atoms with Gasteiger partial charge in [-0.15, -0.1) is 0 Å². The van der Waals surface area contributed by atoms with E-state index in [0.717, 1.165) is 69.3 Å². The number of rotatable bonds is 6. The van der Waals surface area contributed by atoms with Crippen LogP contribution in [0.3, 0.4) is 0 Å². The van der Waals surface area contributed by atoms with Crippen molar-refractivity contribution in [2.45, 2.75) is 56.7 Å². The maximum atomic E-state index is 13.9. The Hall–Kier alpha value is -3.20. The lowest BCUT2D eigenvalue weighted by Gasteiger charge is -2.32. The number of alkyl halides is 3. The zero-order chi connectivity index (χ0) is 26.9. The number of nitrogens with zero attached hydrogens (tertiary/aromatic N) is 3. The van der Waals surface area contributed by atoms with Gasteiger partial charge >= 0.3 is 6.18 Å². The highest BCUT2D eigenvalue weighted by Crippen LogP contribution is 2.47. The Kier molecular flexibility index (Phi) is 7.31. The van der Waals surface area contributed by atoms with Crippen molar-refractivity contribution < 1.29 is 22.4 Å². The lowest BCUT2D eigenvalue weighted by atomic mass is 9.74. The number of halogens is 5. The van der Waals surface area contributed by atoms with Gasteiger partial charge in [0, 0.05) is 36.3 Å². The molecule has 1 saturated carbocycles. The fourth-order valence-corrected chi connectivity index (χ4v) is 5.70. The monoisotopic (exact) mass is 546 g/mol. The van der Waals surface area contributed by atoms with Crippen molar-refractivity contribution in [3.8, 4) is 0 Å². The minimum absolute atomic E-state index is 0.00936. The summed E-state index contributed by atoms with van der Waals surface area (Å²) in [6.45, 7) is 1.39. The molecule has 1 aliphatic heterocycles. The maximum Gasteiger partial charge on any atom is 0.416 e. The van der Waals surface area contributed by atoms with Crippen LogP contribution in [-0.2, 0) is 18.1 Å². The van der Waals surface area contributed by atoms with E-state index < -0.39 is 28.9 Å². The van der Waals surface area contributed by atoms with Gasteiger partial charge in [0.05, 0.1) is 16.8 Å². The Morgan fingerprint density at radius 1 is 1.03 bits per heavy atom. The molecule has 2 heterocycles. The van der Waals surface area contributed by atoms with Crippen LogP contribution in [0, 0.1) is 5.82 Å². The van der Waals surface area contributed by atoms with Gasteiger partial charge < -0.3 is 10.2 Å². The zero-order valence-electron chi connectivity index (χ0n) is 20.6. The van der Waals surface area contributed by atoms with E-state index in [9.17, 15) is 22.4 Å². The van der Waals surface area contributed by atoms with Crippen LogP contribution in [0.25, 0.3) is 0 Å². The normalized spacial score (nSPS) is 17.1. The molecule has 1 saturated heterocycles. The Morgan fingerprint density at radius 2 is 1.71 bits per heavy atom. The molecule has 0 bridgehead atoms. The standard InChI is InChI=1S/C28H27ClF4N4O/c29-21-7-5-19(6-8-21)27(9-1-2-10-27)24-23(17-35-26(36-24)37-11-3-4-12-37)25(38)34-16-18-13-20(28(31,32)33)15-22(30)14-18/h5-8,13-15,17H,1-4,9-12,16H2,(H,34,38). The molecule has 2 aliphatic rings. The Labute approximate surface area is 223 Å². The van der Waals surface area contributed by atoms with E-state index in [4.69, 9.17) is 16.6 Å². The van der Waals surface area contributed by atoms with Gasteiger partial charge in [0.2, 0.25) is 5.95 Å². The average Bonchev–Trinajstić information content (AvgIpc) is 3.60. The third kappa shape index (κ3) is 5.34. The number of aromatic nitrogens is 2. The highest BCUT2D eigenvalue weighted by molar-refractivity contribution is 6.30. The molecule has 2 fully saturated rings. The third-order valence-electron chi connectivity index (χ3n) is 7.45. The summed E-state index contributed by atoms with van der Waals surface area (Å²) >= 11 is 6.16. The number of hydrogen-bond donors (Lipinski definition) is 1. The molecular weight excluding hydrogens is 520 g/mol. The van der Waals surface area contributed by atoms with Gasteiger partial charge in [-0.05, 0) is 67.1 Å². The molecule has 0 spiro atoms. The molecule has 200 valence electrons. The first-order valence-electron chi connectivity index (χ1n) is 12.7. The van der Waals surface area contributed by atoms with Gasteiger partial charge in [0.15, 0.2) is 0 Å². The summed E-state index contributed by atoms with van der Waals surface area (Å²) in [5.41, 5.74) is 0.235. The molecule has 38 heavy (non-hydrogen) atoms. The van der Waals surface area contributed by atoms with Crippen molar-refractivity contribution in [2.24, 2.45) is 0 Å². The topological polar surface area (TPSA) is 58.1 Å². The molecule has 5 rings (SSSR count). The Balaban J connectivity index is 1.51. The molecule has 2 aromatic carbocycles. The molecule has 10 heteroatoms. The van der Waals surface area contributed by atoms with Gasteiger partial charge in [0.25, 0.3) is 5.91 Å². The Morgan fingerprint density at radius 3 is 2.37 bits per heavy atom. The molecule has 3 aromatic rings. The third-order valence-corrected chi connectivity index (χ3v) is 7.71. The molecule has 1 aromatic heterocycles. The van der Waals surface area contributed by atoms with Gasteiger partial charge in [-0.3, -0.25) is 4.79 Å². The lowest BCUT2D eigenvalue weighted by molar-refractivity contribution is -0.137. The van der Waals surface area contributed by atoms with Crippen LogP contribution in [0.2, 0.25) is 5.02 Å². The molecule has 1 amide bonds. The van der Waals surface area contributed by atoms with Gasteiger partial charge in [-0.1, -0.05) is 36.6 Å². The van der Waals surface area contributed by atoms with Crippen LogP contribution in [0.15, 0.2) is 48.7 Å². The van der Waals surface area contributed by atoms with Crippen LogP contribution >= 0.6 is 11.6 Å². The van der Waals surface area contributed by atoms with E-state index in [0.29, 0.717) is 22.7 Å². The summed E-state index contributed by atoms with van der Waals surface area (Å²) in [6, 6.07) is 9.81. The number of amides is 1. The number of nitrogens with one attached hydrogen (secondary N) is 1. The Bertz CT molecular complexity index is 1320. The number of carbonyl (C=O) groups excluding carboxylic acids is 1. The maximum absolute atomic E-state index is 13.9. The number of carbonyl (C=O) groups is 1. The van der Waals surface area contributed by atoms with Crippen LogP contribution in [0.1, 0.15) is 71.3 Å². The largest absolute Gasteiger partial charge is 0.416 e. The highest BCUT2D eigenvalue weighted by Gasteiger charge is 2.42. The van der Waals surface area contributed by atoms with Crippen LogP contribution in [0.4, 0.5) is 23.5 Å². The fourth-order valence-electron chi connectivity index (χ4n) is 5.58. The van der Waals surface area contributed by atoms with Crippen molar-refractivity contribution in [1.29, 1.82) is 0 Å². The number of benzene rings is 2. The summed E-state index contributed by atoms with van der Waals surface area (Å²) in [5, 5.41) is 3.27. The number of hydrogen-bond acceptors (Lipinski definition) is 4. The summed E-state index contributed by atoms with van der Waals surface area (Å²) < 4.78 is 53.3. The first kappa shape index (κ1) is 26.4. The minimum Gasteiger partial charge on any atom is -0.348 e. The van der Waals surface area contributed by atoms with Crippen molar-refractivity contribution in [2.75, 3.05) is 18.0 Å². The van der Waals surface area contributed by atoms with Gasteiger partial charge in [0.1, 0.15) is 5.82 Å². The summed E-state index contributed by atoms with van der Waals surface area (Å²) in [4.78, 5) is 25.0. The first-order chi connectivity index (χ1) is 18.2. The summed E-state index contributed by atoms with van der Waals surface area (Å²) in [5.74, 6) is -0.976. The zero-order valence-corrected chi connectivity index (χ0v) is 21.4. The van der Waals surface area contributed by atoms with Gasteiger partial charge in [-0.25, -0.2) is 14.4 Å². The minimum atomic E-state index is -4.69. The quantitative estimate of drug-likeness (QED) is 0.350. The van der Waals surface area contributed by atoms with Crippen LogP contribution < -0.4 is 10.2 Å². The average molecular weight is 547 g/mol. The SMILES string of the molecule is O=C(NCc1cc(F)cc(C(F)(F)F)c1)c1cnc(N2CCCC2)nc1C1(c2ccc(Cl)cc2)CCCC1. The second-order valence-corrected chi connectivity index (χ2v) is 10.4. The van der Waals surface area contributed by atoms with E-state index in [1.54, 1.807) is 0 Å². The van der Waals surface area contributed by atoms with Crippen LogP contribution in [-0.4, -0.2) is 29.0 Å².